The Balaban J connectivity index is 2.00. The molecule has 30 heavy (non-hydrogen) atoms. The second kappa shape index (κ2) is 12.8. The molecule has 164 valence electrons. The van der Waals surface area contributed by atoms with Gasteiger partial charge in [-0.15, -0.1) is 0 Å². The van der Waals surface area contributed by atoms with Crippen LogP contribution in [-0.2, 0) is 22.6 Å². The van der Waals surface area contributed by atoms with Crippen molar-refractivity contribution < 1.29 is 9.59 Å². The first-order valence-electron chi connectivity index (χ1n) is 11.2. The molecule has 2 amide bonds. The predicted molar refractivity (Wildman–Crippen MR) is 122 cm³/mol. The van der Waals surface area contributed by atoms with Crippen LogP contribution in [0.3, 0.4) is 0 Å². The number of carbonyl (C=O) groups is 2. The van der Waals surface area contributed by atoms with Crippen molar-refractivity contribution in [3.05, 3.63) is 42.2 Å². The first-order chi connectivity index (χ1) is 14.6. The Morgan fingerprint density at radius 3 is 2.53 bits per heavy atom. The van der Waals surface area contributed by atoms with Crippen LogP contribution in [0.5, 0.6) is 0 Å². The number of aryl methyl sites for hydroxylation is 1. The fourth-order valence-electron chi connectivity index (χ4n) is 3.64. The Hall–Kier alpha value is -2.63. The van der Waals surface area contributed by atoms with Crippen molar-refractivity contribution >= 4 is 22.8 Å². The number of unbranched alkanes of at least 4 members (excludes halogenated alkanes) is 2. The summed E-state index contributed by atoms with van der Waals surface area (Å²) >= 11 is 0. The van der Waals surface area contributed by atoms with E-state index in [-0.39, 0.29) is 11.8 Å². The summed E-state index contributed by atoms with van der Waals surface area (Å²) in [7, 11) is 0. The van der Waals surface area contributed by atoms with E-state index >= 15 is 0 Å². The molecule has 1 aromatic carbocycles. The Labute approximate surface area is 180 Å². The predicted octanol–water partition coefficient (Wildman–Crippen LogP) is 4.09. The molecule has 0 saturated heterocycles. The molecule has 6 nitrogen and oxygen atoms in total. The molecule has 0 fully saturated rings. The lowest BCUT2D eigenvalue weighted by atomic mass is 10.2. The van der Waals surface area contributed by atoms with Crippen LogP contribution in [0.25, 0.3) is 11.0 Å². The number of nitrogens with one attached hydrogen (secondary N) is 1. The highest BCUT2D eigenvalue weighted by Gasteiger charge is 2.17. The second-order valence-electron chi connectivity index (χ2n) is 7.59. The molecular formula is C24H36N4O2. The minimum absolute atomic E-state index is 0.0403. The third-order valence-electron chi connectivity index (χ3n) is 5.06. The van der Waals surface area contributed by atoms with Gasteiger partial charge in [0.15, 0.2) is 0 Å². The van der Waals surface area contributed by atoms with E-state index in [1.54, 1.807) is 12.2 Å². The molecule has 6 heteroatoms. The minimum atomic E-state index is -0.0403. The minimum Gasteiger partial charge on any atom is -0.353 e. The molecular weight excluding hydrogens is 376 g/mol. The summed E-state index contributed by atoms with van der Waals surface area (Å²) in [5, 5.41) is 2.88. The lowest BCUT2D eigenvalue weighted by Gasteiger charge is -2.22. The van der Waals surface area contributed by atoms with E-state index in [0.717, 1.165) is 68.5 Å². The van der Waals surface area contributed by atoms with Crippen LogP contribution in [0.15, 0.2) is 36.4 Å². The van der Waals surface area contributed by atoms with Crippen LogP contribution in [0, 0.1) is 0 Å². The maximum Gasteiger partial charge on any atom is 0.243 e. The standard InChI is InChI=1S/C24H36N4O2/c1-4-12-23(29)25-16-11-7-8-15-22-26-20-13-9-10-14-21(20)28(22)19-24(30)27(17-5-2)18-6-3/h4,9-10,12-14H,5-8,11,15-19H2,1-3H3,(H,25,29)/b12-4+. The van der Waals surface area contributed by atoms with Crippen molar-refractivity contribution in [2.45, 2.75) is 65.8 Å². The highest BCUT2D eigenvalue weighted by molar-refractivity contribution is 5.87. The summed E-state index contributed by atoms with van der Waals surface area (Å²) in [4.78, 5) is 31.2. The number of aromatic nitrogens is 2. The smallest absolute Gasteiger partial charge is 0.243 e. The van der Waals surface area contributed by atoms with Crippen molar-refractivity contribution in [3.63, 3.8) is 0 Å². The van der Waals surface area contributed by atoms with Gasteiger partial charge in [0.25, 0.3) is 0 Å². The van der Waals surface area contributed by atoms with Gasteiger partial charge < -0.3 is 14.8 Å². The van der Waals surface area contributed by atoms with Gasteiger partial charge in [0.1, 0.15) is 12.4 Å². The summed E-state index contributed by atoms with van der Waals surface area (Å²) in [6.45, 7) is 8.67. The topological polar surface area (TPSA) is 67.2 Å². The first kappa shape index (κ1) is 23.6. The molecule has 0 bridgehead atoms. The van der Waals surface area contributed by atoms with Crippen molar-refractivity contribution in [3.8, 4) is 0 Å². The van der Waals surface area contributed by atoms with Gasteiger partial charge in [-0.05, 0) is 50.8 Å². The molecule has 1 heterocycles. The SMILES string of the molecule is C/C=C/C(=O)NCCCCCc1nc2ccccc2n1CC(=O)N(CCC)CCC. The zero-order valence-electron chi connectivity index (χ0n) is 18.7. The number of carbonyl (C=O) groups excluding carboxylic acids is 2. The Kier molecular flexibility index (Phi) is 10.1. The Morgan fingerprint density at radius 2 is 1.83 bits per heavy atom. The summed E-state index contributed by atoms with van der Waals surface area (Å²) < 4.78 is 2.09. The number of nitrogens with zero attached hydrogens (tertiary/aromatic N) is 3. The highest BCUT2D eigenvalue weighted by Crippen LogP contribution is 2.18. The quantitative estimate of drug-likeness (QED) is 0.398. The van der Waals surface area contributed by atoms with Crippen LogP contribution >= 0.6 is 0 Å². The zero-order chi connectivity index (χ0) is 21.8. The van der Waals surface area contributed by atoms with Gasteiger partial charge in [0, 0.05) is 26.1 Å². The molecule has 0 aliphatic rings. The van der Waals surface area contributed by atoms with Gasteiger partial charge in [-0.1, -0.05) is 38.5 Å². The van der Waals surface area contributed by atoms with E-state index in [9.17, 15) is 9.59 Å². The van der Waals surface area contributed by atoms with E-state index < -0.39 is 0 Å². The van der Waals surface area contributed by atoms with Crippen molar-refractivity contribution in [2.24, 2.45) is 0 Å². The normalized spacial score (nSPS) is 11.3. The van der Waals surface area contributed by atoms with Crippen LogP contribution in [-0.4, -0.2) is 45.9 Å². The monoisotopic (exact) mass is 412 g/mol. The van der Waals surface area contributed by atoms with Crippen LogP contribution in [0.4, 0.5) is 0 Å². The van der Waals surface area contributed by atoms with Crippen LogP contribution in [0.2, 0.25) is 0 Å². The third-order valence-corrected chi connectivity index (χ3v) is 5.06. The molecule has 0 spiro atoms. The number of allylic oxidation sites excluding steroid dienone is 1. The molecule has 2 aromatic rings. The van der Waals surface area contributed by atoms with Crippen LogP contribution in [0.1, 0.15) is 58.7 Å². The molecule has 0 radical (unpaired) electrons. The summed E-state index contributed by atoms with van der Waals surface area (Å²) in [5.74, 6) is 1.09. The van der Waals surface area contributed by atoms with E-state index in [1.165, 1.54) is 0 Å². The fraction of sp³-hybridized carbons (Fsp3) is 0.542. The molecule has 2 rings (SSSR count). The molecule has 0 aliphatic heterocycles. The summed E-state index contributed by atoms with van der Waals surface area (Å²) in [6, 6.07) is 8.03. The average Bonchev–Trinajstić information content (AvgIpc) is 3.08. The number of para-hydroxylation sites is 2. The molecule has 0 atom stereocenters. The number of hydrogen-bond donors (Lipinski definition) is 1. The average molecular weight is 413 g/mol. The number of fused-ring (bicyclic) bond motifs is 1. The maximum atomic E-state index is 13.0. The number of amides is 2. The van der Waals surface area contributed by atoms with Crippen molar-refractivity contribution in [1.82, 2.24) is 19.8 Å². The largest absolute Gasteiger partial charge is 0.353 e. The summed E-state index contributed by atoms with van der Waals surface area (Å²) in [6.07, 6.45) is 8.95. The molecule has 1 N–H and O–H groups in total. The lowest BCUT2D eigenvalue weighted by Crippen LogP contribution is -2.35. The van der Waals surface area contributed by atoms with Gasteiger partial charge in [0.2, 0.25) is 11.8 Å². The van der Waals surface area contributed by atoms with Crippen LogP contribution < -0.4 is 5.32 Å². The molecule has 0 unspecified atom stereocenters. The van der Waals surface area contributed by atoms with Gasteiger partial charge in [-0.25, -0.2) is 4.98 Å². The summed E-state index contributed by atoms with van der Waals surface area (Å²) in [5.41, 5.74) is 1.96. The lowest BCUT2D eigenvalue weighted by molar-refractivity contribution is -0.131. The Bertz CT molecular complexity index is 835. The molecule has 0 saturated carbocycles. The molecule has 1 aromatic heterocycles. The number of rotatable bonds is 13. The van der Waals surface area contributed by atoms with Gasteiger partial charge >= 0.3 is 0 Å². The number of imidazole rings is 1. The van der Waals surface area contributed by atoms with E-state index in [2.05, 4.69) is 23.7 Å². The first-order valence-corrected chi connectivity index (χ1v) is 11.2. The van der Waals surface area contributed by atoms with Gasteiger partial charge in [-0.3, -0.25) is 9.59 Å². The van der Waals surface area contributed by atoms with Crippen molar-refractivity contribution in [1.29, 1.82) is 0 Å². The van der Waals surface area contributed by atoms with Gasteiger partial charge in [0.05, 0.1) is 11.0 Å². The number of hydrogen-bond acceptors (Lipinski definition) is 3. The second-order valence-corrected chi connectivity index (χ2v) is 7.59. The third kappa shape index (κ3) is 7.01. The zero-order valence-corrected chi connectivity index (χ0v) is 18.7. The van der Waals surface area contributed by atoms with E-state index in [0.29, 0.717) is 13.1 Å². The highest BCUT2D eigenvalue weighted by atomic mass is 16.2. The Morgan fingerprint density at radius 1 is 1.10 bits per heavy atom. The fourth-order valence-corrected chi connectivity index (χ4v) is 3.64. The van der Waals surface area contributed by atoms with Crippen molar-refractivity contribution in [2.75, 3.05) is 19.6 Å². The maximum absolute atomic E-state index is 13.0. The van der Waals surface area contributed by atoms with E-state index in [1.807, 2.05) is 36.1 Å². The van der Waals surface area contributed by atoms with Gasteiger partial charge in [-0.2, -0.15) is 0 Å². The van der Waals surface area contributed by atoms with E-state index in [4.69, 9.17) is 4.98 Å². The molecule has 0 aliphatic carbocycles. The number of benzene rings is 1.